The summed E-state index contributed by atoms with van der Waals surface area (Å²) < 4.78 is 6.01. The highest BCUT2D eigenvalue weighted by Crippen LogP contribution is 2.30. The van der Waals surface area contributed by atoms with Crippen LogP contribution in [-0.4, -0.2) is 12.9 Å². The highest BCUT2D eigenvalue weighted by molar-refractivity contribution is 5.52. The molecule has 0 aromatic heterocycles. The Hall–Kier alpha value is -1.31. The average molecular weight is 246 g/mol. The van der Waals surface area contributed by atoms with E-state index in [1.54, 1.807) is 0 Å². The summed E-state index contributed by atoms with van der Waals surface area (Å²) in [7, 11) is 0. The first-order valence-corrected chi connectivity index (χ1v) is 6.87. The molecule has 1 aliphatic carbocycles. The normalized spacial score (nSPS) is 15.2. The van der Waals surface area contributed by atoms with E-state index in [1.807, 2.05) is 0 Å². The van der Waals surface area contributed by atoms with Gasteiger partial charge in [-0.15, -0.1) is 0 Å². The van der Waals surface area contributed by atoms with Gasteiger partial charge in [-0.3, -0.25) is 0 Å². The van der Waals surface area contributed by atoms with Gasteiger partial charge in [0.1, 0.15) is 12.0 Å². The molecule has 0 amide bonds. The molecule has 2 rings (SSSR count). The molecule has 0 heterocycles. The maximum atomic E-state index is 10.5. The van der Waals surface area contributed by atoms with E-state index in [4.69, 9.17) is 4.74 Å². The average Bonchev–Trinajstić information content (AvgIpc) is 2.26. The van der Waals surface area contributed by atoms with E-state index in [9.17, 15) is 4.79 Å². The minimum atomic E-state index is 0.572. The topological polar surface area (TPSA) is 26.3 Å². The Morgan fingerprint density at radius 1 is 1.33 bits per heavy atom. The van der Waals surface area contributed by atoms with E-state index >= 15 is 0 Å². The molecule has 1 aromatic carbocycles. The SMILES string of the molecule is Cc1cc(C)c(OCC2CCC2)c(CCC=O)c1. The third-order valence-electron chi connectivity index (χ3n) is 3.72. The number of carbonyl (C=O) groups is 1. The minimum absolute atomic E-state index is 0.572. The van der Waals surface area contributed by atoms with Crippen LogP contribution in [0.4, 0.5) is 0 Å². The molecule has 0 atom stereocenters. The van der Waals surface area contributed by atoms with Gasteiger partial charge < -0.3 is 9.53 Å². The van der Waals surface area contributed by atoms with Crippen LogP contribution in [0.2, 0.25) is 0 Å². The molecule has 1 aromatic rings. The van der Waals surface area contributed by atoms with Crippen molar-refractivity contribution in [3.05, 3.63) is 28.8 Å². The lowest BCUT2D eigenvalue weighted by molar-refractivity contribution is -0.107. The quantitative estimate of drug-likeness (QED) is 0.717. The van der Waals surface area contributed by atoms with Crippen molar-refractivity contribution < 1.29 is 9.53 Å². The molecule has 1 fully saturated rings. The second-order valence-electron chi connectivity index (χ2n) is 5.38. The first-order chi connectivity index (χ1) is 8.70. The van der Waals surface area contributed by atoms with Crippen molar-refractivity contribution in [1.29, 1.82) is 0 Å². The maximum absolute atomic E-state index is 10.5. The van der Waals surface area contributed by atoms with Crippen LogP contribution < -0.4 is 4.74 Å². The van der Waals surface area contributed by atoms with Crippen LogP contribution >= 0.6 is 0 Å². The summed E-state index contributed by atoms with van der Waals surface area (Å²) in [5.74, 6) is 1.75. The van der Waals surface area contributed by atoms with Crippen molar-refractivity contribution in [1.82, 2.24) is 0 Å². The molecule has 1 aliphatic rings. The van der Waals surface area contributed by atoms with Crippen LogP contribution in [0, 0.1) is 19.8 Å². The molecule has 0 N–H and O–H groups in total. The largest absolute Gasteiger partial charge is 0.493 e. The van der Waals surface area contributed by atoms with Gasteiger partial charge in [-0.05, 0) is 50.2 Å². The molecule has 0 spiro atoms. The van der Waals surface area contributed by atoms with Crippen LogP contribution in [0.25, 0.3) is 0 Å². The van der Waals surface area contributed by atoms with Crippen molar-refractivity contribution >= 4 is 6.29 Å². The Morgan fingerprint density at radius 3 is 2.72 bits per heavy atom. The fourth-order valence-corrected chi connectivity index (χ4v) is 2.51. The Kier molecular flexibility index (Phi) is 4.40. The van der Waals surface area contributed by atoms with Gasteiger partial charge in [0, 0.05) is 6.42 Å². The zero-order valence-corrected chi connectivity index (χ0v) is 11.4. The first-order valence-electron chi connectivity index (χ1n) is 6.87. The van der Waals surface area contributed by atoms with Gasteiger partial charge in [-0.2, -0.15) is 0 Å². The fraction of sp³-hybridized carbons (Fsp3) is 0.562. The highest BCUT2D eigenvalue weighted by Gasteiger charge is 2.19. The number of ether oxygens (including phenoxy) is 1. The number of hydrogen-bond acceptors (Lipinski definition) is 2. The monoisotopic (exact) mass is 246 g/mol. The highest BCUT2D eigenvalue weighted by atomic mass is 16.5. The Bertz CT molecular complexity index is 419. The van der Waals surface area contributed by atoms with Gasteiger partial charge in [0.05, 0.1) is 6.61 Å². The Labute approximate surface area is 109 Å². The van der Waals surface area contributed by atoms with Gasteiger partial charge in [-0.25, -0.2) is 0 Å². The molecule has 1 saturated carbocycles. The zero-order chi connectivity index (χ0) is 13.0. The number of benzene rings is 1. The number of aldehydes is 1. The van der Waals surface area contributed by atoms with E-state index in [0.717, 1.165) is 31.0 Å². The number of hydrogen-bond donors (Lipinski definition) is 0. The summed E-state index contributed by atoms with van der Waals surface area (Å²) >= 11 is 0. The third-order valence-corrected chi connectivity index (χ3v) is 3.72. The van der Waals surface area contributed by atoms with Crippen LogP contribution in [-0.2, 0) is 11.2 Å². The molecule has 0 saturated heterocycles. The molecule has 0 aliphatic heterocycles. The zero-order valence-electron chi connectivity index (χ0n) is 11.4. The lowest BCUT2D eigenvalue weighted by Crippen LogP contribution is -2.20. The smallest absolute Gasteiger partial charge is 0.125 e. The molecule has 2 nitrogen and oxygen atoms in total. The second kappa shape index (κ2) is 6.03. The van der Waals surface area contributed by atoms with Crippen LogP contribution in [0.5, 0.6) is 5.75 Å². The standard InChI is InChI=1S/C16H22O2/c1-12-9-13(2)16(15(10-12)7-4-8-17)18-11-14-5-3-6-14/h8-10,14H,3-7,11H2,1-2H3. The predicted molar refractivity (Wildman–Crippen MR) is 73.1 cm³/mol. The van der Waals surface area contributed by atoms with E-state index in [0.29, 0.717) is 6.42 Å². The van der Waals surface area contributed by atoms with Gasteiger partial charge in [0.15, 0.2) is 0 Å². The lowest BCUT2D eigenvalue weighted by atomic mass is 9.86. The van der Waals surface area contributed by atoms with Crippen LogP contribution in [0.1, 0.15) is 42.4 Å². The molecule has 0 bridgehead atoms. The Balaban J connectivity index is 2.10. The van der Waals surface area contributed by atoms with E-state index in [2.05, 4.69) is 26.0 Å². The van der Waals surface area contributed by atoms with E-state index in [-0.39, 0.29) is 0 Å². The van der Waals surface area contributed by atoms with E-state index < -0.39 is 0 Å². The van der Waals surface area contributed by atoms with Crippen LogP contribution in [0.15, 0.2) is 12.1 Å². The minimum Gasteiger partial charge on any atom is -0.493 e. The van der Waals surface area contributed by atoms with Gasteiger partial charge in [0.2, 0.25) is 0 Å². The summed E-state index contributed by atoms with van der Waals surface area (Å²) in [4.78, 5) is 10.5. The molecule has 18 heavy (non-hydrogen) atoms. The predicted octanol–water partition coefficient (Wildman–Crippen LogP) is 3.61. The van der Waals surface area contributed by atoms with Crippen molar-refractivity contribution in [2.24, 2.45) is 5.92 Å². The lowest BCUT2D eigenvalue weighted by Gasteiger charge is -2.26. The van der Waals surface area contributed by atoms with Crippen molar-refractivity contribution in [3.8, 4) is 5.75 Å². The summed E-state index contributed by atoms with van der Waals surface area (Å²) in [6.45, 7) is 5.01. The molecular formula is C16H22O2. The number of carbonyl (C=O) groups excluding carboxylic acids is 1. The van der Waals surface area contributed by atoms with Crippen LogP contribution in [0.3, 0.4) is 0 Å². The fourth-order valence-electron chi connectivity index (χ4n) is 2.51. The van der Waals surface area contributed by atoms with Gasteiger partial charge in [-0.1, -0.05) is 24.1 Å². The van der Waals surface area contributed by atoms with Crippen molar-refractivity contribution in [3.63, 3.8) is 0 Å². The summed E-state index contributed by atoms with van der Waals surface area (Å²) in [5.41, 5.74) is 3.61. The summed E-state index contributed by atoms with van der Waals surface area (Å²) in [6.07, 6.45) is 6.28. The molecule has 2 heteroatoms. The maximum Gasteiger partial charge on any atom is 0.125 e. The molecule has 98 valence electrons. The Morgan fingerprint density at radius 2 is 2.11 bits per heavy atom. The third kappa shape index (κ3) is 3.12. The van der Waals surface area contributed by atoms with Crippen molar-refractivity contribution in [2.75, 3.05) is 6.61 Å². The second-order valence-corrected chi connectivity index (χ2v) is 5.38. The molecular weight excluding hydrogens is 224 g/mol. The first kappa shape index (κ1) is 13.1. The number of aryl methyl sites for hydroxylation is 3. The van der Waals surface area contributed by atoms with Crippen molar-refractivity contribution in [2.45, 2.75) is 46.0 Å². The summed E-state index contributed by atoms with van der Waals surface area (Å²) in [5, 5.41) is 0. The van der Waals surface area contributed by atoms with E-state index in [1.165, 1.54) is 36.0 Å². The van der Waals surface area contributed by atoms with Gasteiger partial charge in [0.25, 0.3) is 0 Å². The molecule has 0 radical (unpaired) electrons. The van der Waals surface area contributed by atoms with Gasteiger partial charge >= 0.3 is 0 Å². The number of rotatable bonds is 6. The summed E-state index contributed by atoms with van der Waals surface area (Å²) in [6, 6.07) is 4.30. The molecule has 0 unspecified atom stereocenters.